The number of hydrogen-bond donors (Lipinski definition) is 1. The number of aryl methyl sites for hydroxylation is 2. The van der Waals surface area contributed by atoms with E-state index in [1.165, 1.54) is 17.1 Å². The van der Waals surface area contributed by atoms with Gasteiger partial charge < -0.3 is 4.42 Å². The molecule has 0 fully saturated rings. The van der Waals surface area contributed by atoms with Crippen LogP contribution in [0, 0.1) is 0 Å². The van der Waals surface area contributed by atoms with E-state index < -0.39 is 10.0 Å². The van der Waals surface area contributed by atoms with Crippen LogP contribution >= 0.6 is 0 Å². The molecule has 7 heteroatoms. The molecule has 0 saturated heterocycles. The summed E-state index contributed by atoms with van der Waals surface area (Å²) in [5.41, 5.74) is 0.943. The molecule has 0 aromatic carbocycles. The Morgan fingerprint density at radius 1 is 1.53 bits per heavy atom. The summed E-state index contributed by atoms with van der Waals surface area (Å²) < 4.78 is 34.1. The molecule has 0 bridgehead atoms. The molecule has 1 N–H and O–H groups in total. The molecule has 0 amide bonds. The van der Waals surface area contributed by atoms with Gasteiger partial charge in [0, 0.05) is 25.2 Å². The Morgan fingerprint density at radius 2 is 2.37 bits per heavy atom. The Hall–Kier alpha value is -1.60. The molecule has 1 aliphatic rings. The quantitative estimate of drug-likeness (QED) is 0.921. The third-order valence-electron chi connectivity index (χ3n) is 3.34. The highest BCUT2D eigenvalue weighted by Crippen LogP contribution is 2.31. The zero-order valence-electron chi connectivity index (χ0n) is 10.5. The molecule has 2 heterocycles. The minimum absolute atomic E-state index is 0.186. The fraction of sp³-hybridized carbons (Fsp3) is 0.417. The van der Waals surface area contributed by atoms with E-state index in [9.17, 15) is 8.42 Å². The van der Waals surface area contributed by atoms with Crippen LogP contribution in [0.25, 0.3) is 0 Å². The number of nitrogens with zero attached hydrogens (tertiary/aromatic N) is 2. The summed E-state index contributed by atoms with van der Waals surface area (Å²) in [5.74, 6) is 0.880. The van der Waals surface area contributed by atoms with Crippen LogP contribution in [0.15, 0.2) is 34.0 Å². The monoisotopic (exact) mass is 281 g/mol. The van der Waals surface area contributed by atoms with Crippen molar-refractivity contribution in [1.82, 2.24) is 14.5 Å². The highest BCUT2D eigenvalue weighted by Gasteiger charge is 2.27. The summed E-state index contributed by atoms with van der Waals surface area (Å²) in [7, 11) is -1.85. The van der Waals surface area contributed by atoms with Gasteiger partial charge >= 0.3 is 0 Å². The third kappa shape index (κ3) is 2.31. The molecule has 0 radical (unpaired) electrons. The van der Waals surface area contributed by atoms with Crippen LogP contribution in [0.3, 0.4) is 0 Å². The zero-order valence-corrected chi connectivity index (χ0v) is 11.4. The van der Waals surface area contributed by atoms with Crippen molar-refractivity contribution in [2.75, 3.05) is 0 Å². The van der Waals surface area contributed by atoms with E-state index in [0.29, 0.717) is 0 Å². The SMILES string of the molecule is Cn1cc(S(=O)(=O)NC2CCCc3occc32)cn1. The fourth-order valence-electron chi connectivity index (χ4n) is 2.40. The van der Waals surface area contributed by atoms with Gasteiger partial charge in [-0.15, -0.1) is 0 Å². The zero-order chi connectivity index (χ0) is 13.5. The number of hydrogen-bond acceptors (Lipinski definition) is 4. The van der Waals surface area contributed by atoms with Crippen molar-refractivity contribution in [2.24, 2.45) is 7.05 Å². The molecule has 0 aliphatic heterocycles. The van der Waals surface area contributed by atoms with Gasteiger partial charge in [0.05, 0.1) is 18.5 Å². The van der Waals surface area contributed by atoms with Gasteiger partial charge in [0.2, 0.25) is 10.0 Å². The number of furan rings is 1. The summed E-state index contributed by atoms with van der Waals surface area (Å²) >= 11 is 0. The Bertz CT molecular complexity index is 687. The molecule has 1 atom stereocenters. The Kier molecular flexibility index (Phi) is 2.94. The number of sulfonamides is 1. The van der Waals surface area contributed by atoms with Gasteiger partial charge in [-0.25, -0.2) is 13.1 Å². The number of fused-ring (bicyclic) bond motifs is 1. The second-order valence-corrected chi connectivity index (χ2v) is 6.43. The summed E-state index contributed by atoms with van der Waals surface area (Å²) in [5, 5.41) is 3.89. The second-order valence-electron chi connectivity index (χ2n) is 4.71. The Balaban J connectivity index is 1.87. The minimum Gasteiger partial charge on any atom is -0.469 e. The molecule has 6 nitrogen and oxygen atoms in total. The lowest BCUT2D eigenvalue weighted by Crippen LogP contribution is -2.30. The molecule has 1 aliphatic carbocycles. The van der Waals surface area contributed by atoms with Gasteiger partial charge in [0.25, 0.3) is 0 Å². The molecule has 2 aromatic rings. The van der Waals surface area contributed by atoms with Gasteiger partial charge in [-0.05, 0) is 18.9 Å². The number of nitrogens with one attached hydrogen (secondary N) is 1. The lowest BCUT2D eigenvalue weighted by atomic mass is 9.94. The van der Waals surface area contributed by atoms with Crippen LogP contribution < -0.4 is 4.72 Å². The van der Waals surface area contributed by atoms with Gasteiger partial charge in [-0.2, -0.15) is 5.10 Å². The first-order valence-corrected chi connectivity index (χ1v) is 7.62. The van der Waals surface area contributed by atoms with E-state index in [1.807, 2.05) is 6.07 Å². The molecule has 2 aromatic heterocycles. The molecular formula is C12H15N3O3S. The van der Waals surface area contributed by atoms with Gasteiger partial charge in [-0.1, -0.05) is 0 Å². The first kappa shape index (κ1) is 12.4. The maximum atomic E-state index is 12.3. The van der Waals surface area contributed by atoms with E-state index in [-0.39, 0.29) is 10.9 Å². The molecule has 3 rings (SSSR count). The minimum atomic E-state index is -3.53. The predicted molar refractivity (Wildman–Crippen MR) is 67.9 cm³/mol. The summed E-state index contributed by atoms with van der Waals surface area (Å²) in [4.78, 5) is 0.186. The Morgan fingerprint density at radius 3 is 3.11 bits per heavy atom. The predicted octanol–water partition coefficient (Wildman–Crippen LogP) is 1.37. The van der Waals surface area contributed by atoms with Gasteiger partial charge in [-0.3, -0.25) is 4.68 Å². The molecular weight excluding hydrogens is 266 g/mol. The number of aromatic nitrogens is 2. The van der Waals surface area contributed by atoms with Crippen molar-refractivity contribution in [3.05, 3.63) is 36.0 Å². The average Bonchev–Trinajstić information content (AvgIpc) is 2.97. The first-order valence-electron chi connectivity index (χ1n) is 6.13. The highest BCUT2D eigenvalue weighted by atomic mass is 32.2. The van der Waals surface area contributed by atoms with Crippen LogP contribution in [0.2, 0.25) is 0 Å². The highest BCUT2D eigenvalue weighted by molar-refractivity contribution is 7.89. The summed E-state index contributed by atoms with van der Waals surface area (Å²) in [6.07, 6.45) is 7.02. The molecule has 102 valence electrons. The third-order valence-corrected chi connectivity index (χ3v) is 4.77. The largest absolute Gasteiger partial charge is 0.469 e. The average molecular weight is 281 g/mol. The van der Waals surface area contributed by atoms with Crippen LogP contribution in [-0.2, 0) is 23.5 Å². The van der Waals surface area contributed by atoms with Crippen molar-refractivity contribution >= 4 is 10.0 Å². The van der Waals surface area contributed by atoms with Crippen molar-refractivity contribution in [1.29, 1.82) is 0 Å². The maximum Gasteiger partial charge on any atom is 0.244 e. The van der Waals surface area contributed by atoms with E-state index in [2.05, 4.69) is 9.82 Å². The van der Waals surface area contributed by atoms with Crippen LogP contribution in [0.5, 0.6) is 0 Å². The van der Waals surface area contributed by atoms with Crippen molar-refractivity contribution in [3.63, 3.8) is 0 Å². The molecule has 0 spiro atoms. The lowest BCUT2D eigenvalue weighted by Gasteiger charge is -2.22. The smallest absolute Gasteiger partial charge is 0.244 e. The lowest BCUT2D eigenvalue weighted by molar-refractivity contribution is 0.438. The van der Waals surface area contributed by atoms with E-state index in [0.717, 1.165) is 30.6 Å². The first-order chi connectivity index (χ1) is 9.06. The fourth-order valence-corrected chi connectivity index (χ4v) is 3.63. The number of rotatable bonds is 3. The topological polar surface area (TPSA) is 77.1 Å². The van der Waals surface area contributed by atoms with Crippen LogP contribution in [-0.4, -0.2) is 18.2 Å². The van der Waals surface area contributed by atoms with E-state index >= 15 is 0 Å². The van der Waals surface area contributed by atoms with Crippen molar-refractivity contribution in [3.8, 4) is 0 Å². The normalized spacial score (nSPS) is 19.3. The summed E-state index contributed by atoms with van der Waals surface area (Å²) in [6.45, 7) is 0. The van der Waals surface area contributed by atoms with Crippen molar-refractivity contribution < 1.29 is 12.8 Å². The van der Waals surface area contributed by atoms with Gasteiger partial charge in [0.15, 0.2) is 0 Å². The van der Waals surface area contributed by atoms with Crippen LogP contribution in [0.4, 0.5) is 0 Å². The molecule has 0 saturated carbocycles. The van der Waals surface area contributed by atoms with Crippen molar-refractivity contribution in [2.45, 2.75) is 30.2 Å². The maximum absolute atomic E-state index is 12.3. The van der Waals surface area contributed by atoms with E-state index in [4.69, 9.17) is 4.42 Å². The van der Waals surface area contributed by atoms with E-state index in [1.54, 1.807) is 13.3 Å². The Labute approximate surface area is 111 Å². The summed E-state index contributed by atoms with van der Waals surface area (Å²) in [6, 6.07) is 1.62. The molecule has 1 unspecified atom stereocenters. The van der Waals surface area contributed by atoms with Crippen LogP contribution in [0.1, 0.15) is 30.2 Å². The standard InChI is InChI=1S/C12H15N3O3S/c1-15-8-9(7-13-15)19(16,17)14-11-3-2-4-12-10(11)5-6-18-12/h5-8,11,14H,2-4H2,1H3. The second kappa shape index (κ2) is 4.50. The molecule has 19 heavy (non-hydrogen) atoms. The van der Waals surface area contributed by atoms with Gasteiger partial charge in [0.1, 0.15) is 10.7 Å².